The normalized spacial score (nSPS) is 22.3. The number of nitrogens with one attached hydrogen (secondary N) is 1. The molecule has 0 bridgehead atoms. The Balaban J connectivity index is 2.31. The Kier molecular flexibility index (Phi) is 3.72. The van der Waals surface area contributed by atoms with E-state index >= 15 is 0 Å². The molecule has 3 nitrogen and oxygen atoms in total. The molecule has 1 saturated heterocycles. The van der Waals surface area contributed by atoms with Crippen molar-refractivity contribution in [2.75, 3.05) is 13.6 Å². The molecule has 1 rings (SSSR count). The summed E-state index contributed by atoms with van der Waals surface area (Å²) >= 11 is 0. The van der Waals surface area contributed by atoms with E-state index in [9.17, 15) is 4.79 Å². The van der Waals surface area contributed by atoms with Crippen LogP contribution in [0.4, 0.5) is 0 Å². The first-order valence-corrected chi connectivity index (χ1v) is 5.10. The maximum atomic E-state index is 11.6. The van der Waals surface area contributed by atoms with Crippen LogP contribution < -0.4 is 5.32 Å². The molecule has 1 aliphatic rings. The maximum Gasteiger partial charge on any atom is 0.224 e. The highest BCUT2D eigenvalue weighted by Gasteiger charge is 2.20. The first-order valence-electron chi connectivity index (χ1n) is 5.10. The van der Waals surface area contributed by atoms with Gasteiger partial charge < -0.3 is 10.2 Å². The van der Waals surface area contributed by atoms with Gasteiger partial charge in [0, 0.05) is 25.6 Å². The highest BCUT2D eigenvalue weighted by atomic mass is 16.2. The second-order valence-corrected chi connectivity index (χ2v) is 4.10. The van der Waals surface area contributed by atoms with Crippen molar-refractivity contribution in [1.82, 2.24) is 10.2 Å². The predicted octanol–water partition coefficient (Wildman–Crippen LogP) is 0.995. The van der Waals surface area contributed by atoms with E-state index in [1.807, 2.05) is 25.8 Å². The van der Waals surface area contributed by atoms with Crippen LogP contribution in [0.1, 0.15) is 33.1 Å². The van der Waals surface area contributed by atoms with Crippen molar-refractivity contribution in [1.29, 1.82) is 0 Å². The highest BCUT2D eigenvalue weighted by Crippen LogP contribution is 2.10. The third-order valence-electron chi connectivity index (χ3n) is 2.75. The number of carbonyl (C=O) groups excluding carboxylic acids is 1. The molecule has 1 fully saturated rings. The number of rotatable bonds is 3. The summed E-state index contributed by atoms with van der Waals surface area (Å²) in [4.78, 5) is 13.4. The molecule has 0 saturated carbocycles. The average molecular weight is 184 g/mol. The molecule has 76 valence electrons. The molecule has 3 heteroatoms. The molecule has 1 heterocycles. The van der Waals surface area contributed by atoms with Gasteiger partial charge in [-0.05, 0) is 33.2 Å². The number of carbonyl (C=O) groups is 1. The van der Waals surface area contributed by atoms with Gasteiger partial charge in [-0.25, -0.2) is 0 Å². The number of hydrogen-bond acceptors (Lipinski definition) is 2. The molecule has 0 aliphatic carbocycles. The van der Waals surface area contributed by atoms with Crippen molar-refractivity contribution in [2.24, 2.45) is 0 Å². The van der Waals surface area contributed by atoms with Crippen LogP contribution in [0.5, 0.6) is 0 Å². The second-order valence-electron chi connectivity index (χ2n) is 4.10. The molecule has 0 aromatic rings. The van der Waals surface area contributed by atoms with Crippen molar-refractivity contribution in [3.8, 4) is 0 Å². The number of hydrogen-bond donors (Lipinski definition) is 1. The van der Waals surface area contributed by atoms with Gasteiger partial charge in [0.15, 0.2) is 0 Å². The van der Waals surface area contributed by atoms with Crippen molar-refractivity contribution in [2.45, 2.75) is 45.2 Å². The van der Waals surface area contributed by atoms with E-state index in [4.69, 9.17) is 0 Å². The van der Waals surface area contributed by atoms with Gasteiger partial charge in [0.25, 0.3) is 0 Å². The first-order chi connectivity index (χ1) is 6.11. The summed E-state index contributed by atoms with van der Waals surface area (Å²) in [6.07, 6.45) is 3.02. The summed E-state index contributed by atoms with van der Waals surface area (Å²) < 4.78 is 0. The summed E-state index contributed by atoms with van der Waals surface area (Å²) in [6.45, 7) is 5.16. The summed E-state index contributed by atoms with van der Waals surface area (Å²) in [5, 5.41) is 3.33. The van der Waals surface area contributed by atoms with Crippen molar-refractivity contribution >= 4 is 5.91 Å². The SMILES string of the molecule is CC(C)N(C)C(=O)CC1CCCN1. The zero-order valence-corrected chi connectivity index (χ0v) is 8.84. The first kappa shape index (κ1) is 10.5. The lowest BCUT2D eigenvalue weighted by atomic mass is 10.1. The van der Waals surface area contributed by atoms with E-state index in [-0.39, 0.29) is 5.91 Å². The van der Waals surface area contributed by atoms with E-state index in [0.717, 1.165) is 13.0 Å². The van der Waals surface area contributed by atoms with Gasteiger partial charge in [0.05, 0.1) is 0 Å². The fraction of sp³-hybridized carbons (Fsp3) is 0.900. The maximum absolute atomic E-state index is 11.6. The molecule has 1 N–H and O–H groups in total. The number of amides is 1. The lowest BCUT2D eigenvalue weighted by Gasteiger charge is -2.23. The minimum atomic E-state index is 0.259. The van der Waals surface area contributed by atoms with Crippen LogP contribution in [0.15, 0.2) is 0 Å². The Morgan fingerprint density at radius 3 is 2.77 bits per heavy atom. The average Bonchev–Trinajstić information content (AvgIpc) is 2.55. The van der Waals surface area contributed by atoms with Gasteiger partial charge in [-0.1, -0.05) is 0 Å². The smallest absolute Gasteiger partial charge is 0.224 e. The topological polar surface area (TPSA) is 32.3 Å². The van der Waals surface area contributed by atoms with Crippen molar-refractivity contribution in [3.63, 3.8) is 0 Å². The van der Waals surface area contributed by atoms with E-state index in [0.29, 0.717) is 18.5 Å². The van der Waals surface area contributed by atoms with E-state index in [1.54, 1.807) is 0 Å². The molecule has 0 radical (unpaired) electrons. The lowest BCUT2D eigenvalue weighted by molar-refractivity contribution is -0.131. The summed E-state index contributed by atoms with van der Waals surface area (Å²) in [6, 6.07) is 0.739. The fourth-order valence-electron chi connectivity index (χ4n) is 1.57. The highest BCUT2D eigenvalue weighted by molar-refractivity contribution is 5.76. The molecule has 0 aromatic carbocycles. The monoisotopic (exact) mass is 184 g/mol. The van der Waals surface area contributed by atoms with Gasteiger partial charge in [-0.15, -0.1) is 0 Å². The zero-order valence-electron chi connectivity index (χ0n) is 8.84. The van der Waals surface area contributed by atoms with E-state index < -0.39 is 0 Å². The van der Waals surface area contributed by atoms with Crippen LogP contribution in [-0.4, -0.2) is 36.5 Å². The van der Waals surface area contributed by atoms with Crippen LogP contribution in [0.2, 0.25) is 0 Å². The molecule has 13 heavy (non-hydrogen) atoms. The number of nitrogens with zero attached hydrogens (tertiary/aromatic N) is 1. The second kappa shape index (κ2) is 4.61. The Morgan fingerprint density at radius 1 is 1.62 bits per heavy atom. The van der Waals surface area contributed by atoms with Crippen LogP contribution in [-0.2, 0) is 4.79 Å². The van der Waals surface area contributed by atoms with Crippen molar-refractivity contribution < 1.29 is 4.79 Å². The third-order valence-corrected chi connectivity index (χ3v) is 2.75. The van der Waals surface area contributed by atoms with Crippen LogP contribution in [0.25, 0.3) is 0 Å². The van der Waals surface area contributed by atoms with Gasteiger partial charge in [0.1, 0.15) is 0 Å². The molecule has 0 spiro atoms. The Hall–Kier alpha value is -0.570. The van der Waals surface area contributed by atoms with Gasteiger partial charge >= 0.3 is 0 Å². The summed E-state index contributed by atoms with van der Waals surface area (Å²) in [5.41, 5.74) is 0. The molecular weight excluding hydrogens is 164 g/mol. The third kappa shape index (κ3) is 2.99. The van der Waals surface area contributed by atoms with Gasteiger partial charge in [0.2, 0.25) is 5.91 Å². The molecule has 0 aromatic heterocycles. The zero-order chi connectivity index (χ0) is 9.84. The molecule has 1 aliphatic heterocycles. The van der Waals surface area contributed by atoms with Gasteiger partial charge in [-0.3, -0.25) is 4.79 Å². The van der Waals surface area contributed by atoms with E-state index in [1.165, 1.54) is 6.42 Å². The van der Waals surface area contributed by atoms with Crippen LogP contribution in [0.3, 0.4) is 0 Å². The Bertz CT molecular complexity index is 174. The standard InChI is InChI=1S/C10H20N2O/c1-8(2)12(3)10(13)7-9-5-4-6-11-9/h8-9,11H,4-7H2,1-3H3. The van der Waals surface area contributed by atoms with Gasteiger partial charge in [-0.2, -0.15) is 0 Å². The minimum absolute atomic E-state index is 0.259. The van der Waals surface area contributed by atoms with Crippen molar-refractivity contribution in [3.05, 3.63) is 0 Å². The minimum Gasteiger partial charge on any atom is -0.343 e. The predicted molar refractivity (Wildman–Crippen MR) is 53.5 cm³/mol. The van der Waals surface area contributed by atoms with Crippen LogP contribution in [0, 0.1) is 0 Å². The van der Waals surface area contributed by atoms with E-state index in [2.05, 4.69) is 5.32 Å². The summed E-state index contributed by atoms with van der Waals surface area (Å²) in [5.74, 6) is 0.259. The Labute approximate surface area is 80.5 Å². The molecule has 1 amide bonds. The summed E-state index contributed by atoms with van der Waals surface area (Å²) in [7, 11) is 1.88. The lowest BCUT2D eigenvalue weighted by Crippen LogP contribution is -2.37. The molecular formula is C10H20N2O. The Morgan fingerprint density at radius 2 is 2.31 bits per heavy atom. The molecule has 1 unspecified atom stereocenters. The molecule has 1 atom stereocenters. The fourth-order valence-corrected chi connectivity index (χ4v) is 1.57. The van der Waals surface area contributed by atoms with Crippen LogP contribution >= 0.6 is 0 Å². The largest absolute Gasteiger partial charge is 0.343 e. The quantitative estimate of drug-likeness (QED) is 0.709.